The number of methoxy groups -OCH3 is 1. The van der Waals surface area contributed by atoms with Crippen LogP contribution in [0, 0.1) is 0 Å². The topological polar surface area (TPSA) is 81.9 Å². The van der Waals surface area contributed by atoms with E-state index < -0.39 is 5.91 Å². The van der Waals surface area contributed by atoms with Crippen LogP contribution >= 0.6 is 0 Å². The molecule has 2 rings (SSSR count). The molecular formula is C18H20N2O4. The van der Waals surface area contributed by atoms with Crippen molar-refractivity contribution in [1.82, 2.24) is 0 Å². The molecule has 2 amide bonds. The molecule has 0 atom stereocenters. The predicted octanol–water partition coefficient (Wildman–Crippen LogP) is 1.98. The Hall–Kier alpha value is -3.02. The van der Waals surface area contributed by atoms with E-state index in [1.54, 1.807) is 36.4 Å². The summed E-state index contributed by atoms with van der Waals surface area (Å²) in [6.45, 7) is 0.00745. The normalized spacial score (nSPS) is 10.0. The van der Waals surface area contributed by atoms with E-state index in [1.807, 2.05) is 18.2 Å². The van der Waals surface area contributed by atoms with Crippen LogP contribution in [-0.4, -0.2) is 32.1 Å². The zero-order valence-electron chi connectivity index (χ0n) is 13.5. The Morgan fingerprint density at radius 2 is 1.71 bits per heavy atom. The standard InChI is InChI=1S/C18H20N2O4/c1-23-16-10-6-5-9-15(16)20(12-11-17(19)21)18(22)13-24-14-7-3-2-4-8-14/h2-10H,11-13H2,1H3,(H2,19,21). The van der Waals surface area contributed by atoms with Crippen molar-refractivity contribution >= 4 is 17.5 Å². The summed E-state index contributed by atoms with van der Waals surface area (Å²) in [5, 5.41) is 0. The van der Waals surface area contributed by atoms with Gasteiger partial charge < -0.3 is 20.1 Å². The molecule has 0 bridgehead atoms. The number of hydrogen-bond donors (Lipinski definition) is 1. The Kier molecular flexibility index (Phi) is 6.19. The Morgan fingerprint density at radius 3 is 2.38 bits per heavy atom. The largest absolute Gasteiger partial charge is 0.495 e. The van der Waals surface area contributed by atoms with Crippen LogP contribution in [0.25, 0.3) is 0 Å². The first-order valence-electron chi connectivity index (χ1n) is 7.51. The van der Waals surface area contributed by atoms with Gasteiger partial charge in [0.25, 0.3) is 5.91 Å². The molecular weight excluding hydrogens is 308 g/mol. The summed E-state index contributed by atoms with van der Waals surface area (Å²) in [6.07, 6.45) is 0.0507. The van der Waals surface area contributed by atoms with Crippen LogP contribution in [0.2, 0.25) is 0 Å². The summed E-state index contributed by atoms with van der Waals surface area (Å²) in [5.74, 6) is 0.368. The Labute approximate surface area is 140 Å². The van der Waals surface area contributed by atoms with Crippen LogP contribution in [0.4, 0.5) is 5.69 Å². The van der Waals surface area contributed by atoms with Gasteiger partial charge in [0.15, 0.2) is 6.61 Å². The molecule has 0 heterocycles. The van der Waals surface area contributed by atoms with Gasteiger partial charge in [0, 0.05) is 13.0 Å². The number of amides is 2. The molecule has 24 heavy (non-hydrogen) atoms. The van der Waals surface area contributed by atoms with Crippen LogP contribution in [0.15, 0.2) is 54.6 Å². The third-order valence-electron chi connectivity index (χ3n) is 3.36. The molecule has 0 saturated carbocycles. The maximum atomic E-state index is 12.6. The first-order valence-corrected chi connectivity index (χ1v) is 7.51. The van der Waals surface area contributed by atoms with E-state index in [0.717, 1.165) is 0 Å². The molecule has 0 aliphatic rings. The summed E-state index contributed by atoms with van der Waals surface area (Å²) in [6, 6.07) is 16.1. The number of carbonyl (C=O) groups is 2. The van der Waals surface area contributed by atoms with Crippen LogP contribution in [0.5, 0.6) is 11.5 Å². The van der Waals surface area contributed by atoms with Crippen molar-refractivity contribution < 1.29 is 19.1 Å². The number of hydrogen-bond acceptors (Lipinski definition) is 4. The van der Waals surface area contributed by atoms with Gasteiger partial charge in [-0.05, 0) is 24.3 Å². The van der Waals surface area contributed by atoms with E-state index in [4.69, 9.17) is 15.2 Å². The number of nitrogens with zero attached hydrogens (tertiary/aromatic N) is 1. The van der Waals surface area contributed by atoms with Crippen LogP contribution in [-0.2, 0) is 9.59 Å². The van der Waals surface area contributed by atoms with Gasteiger partial charge in [-0.15, -0.1) is 0 Å². The second kappa shape index (κ2) is 8.57. The Morgan fingerprint density at radius 1 is 1.04 bits per heavy atom. The fourth-order valence-electron chi connectivity index (χ4n) is 2.19. The molecule has 6 nitrogen and oxygen atoms in total. The third kappa shape index (κ3) is 4.74. The van der Waals surface area contributed by atoms with Crippen molar-refractivity contribution in [1.29, 1.82) is 0 Å². The van der Waals surface area contributed by atoms with Crippen LogP contribution in [0.1, 0.15) is 6.42 Å². The van der Waals surface area contributed by atoms with Crippen molar-refractivity contribution in [3.8, 4) is 11.5 Å². The Balaban J connectivity index is 2.15. The summed E-state index contributed by atoms with van der Waals surface area (Å²) in [5.41, 5.74) is 5.79. The average molecular weight is 328 g/mol. The lowest BCUT2D eigenvalue weighted by Crippen LogP contribution is -2.37. The number of anilines is 1. The van der Waals surface area contributed by atoms with Gasteiger partial charge in [-0.1, -0.05) is 30.3 Å². The first-order chi connectivity index (χ1) is 11.6. The molecule has 0 aliphatic carbocycles. The number of nitrogens with two attached hydrogens (primary N) is 1. The zero-order valence-corrected chi connectivity index (χ0v) is 13.5. The number of carbonyl (C=O) groups excluding carboxylic acids is 2. The fraction of sp³-hybridized carbons (Fsp3) is 0.222. The Bertz CT molecular complexity index is 688. The molecule has 0 saturated heterocycles. The zero-order chi connectivity index (χ0) is 17.4. The summed E-state index contributed by atoms with van der Waals surface area (Å²) >= 11 is 0. The molecule has 126 valence electrons. The van der Waals surface area contributed by atoms with Gasteiger partial charge in [0.2, 0.25) is 5.91 Å². The first kappa shape index (κ1) is 17.3. The van der Waals surface area contributed by atoms with Crippen LogP contribution < -0.4 is 20.1 Å². The van der Waals surface area contributed by atoms with Crippen molar-refractivity contribution in [3.05, 3.63) is 54.6 Å². The van der Waals surface area contributed by atoms with Crippen molar-refractivity contribution in [2.45, 2.75) is 6.42 Å². The number of primary amides is 1. The minimum absolute atomic E-state index is 0.0507. The molecule has 6 heteroatoms. The SMILES string of the molecule is COc1ccccc1N(CCC(N)=O)C(=O)COc1ccccc1. The van der Waals surface area contributed by atoms with Crippen LogP contribution in [0.3, 0.4) is 0 Å². The highest BCUT2D eigenvalue weighted by molar-refractivity contribution is 5.96. The predicted molar refractivity (Wildman–Crippen MR) is 91.1 cm³/mol. The van der Waals surface area contributed by atoms with Gasteiger partial charge in [-0.3, -0.25) is 9.59 Å². The number of ether oxygens (including phenoxy) is 2. The minimum Gasteiger partial charge on any atom is -0.495 e. The van der Waals surface area contributed by atoms with Gasteiger partial charge in [0.1, 0.15) is 11.5 Å². The monoisotopic (exact) mass is 328 g/mol. The van der Waals surface area contributed by atoms with E-state index >= 15 is 0 Å². The fourth-order valence-corrected chi connectivity index (χ4v) is 2.19. The second-order valence-electron chi connectivity index (χ2n) is 5.04. The van der Waals surface area contributed by atoms with Gasteiger partial charge in [0.05, 0.1) is 12.8 Å². The van der Waals surface area contributed by atoms with E-state index in [0.29, 0.717) is 17.2 Å². The highest BCUT2D eigenvalue weighted by Crippen LogP contribution is 2.28. The lowest BCUT2D eigenvalue weighted by Gasteiger charge is -2.24. The quantitative estimate of drug-likeness (QED) is 0.803. The van der Waals surface area contributed by atoms with Crippen molar-refractivity contribution in [3.63, 3.8) is 0 Å². The van der Waals surface area contributed by atoms with Gasteiger partial charge in [-0.25, -0.2) is 0 Å². The smallest absolute Gasteiger partial charge is 0.265 e. The summed E-state index contributed by atoms with van der Waals surface area (Å²) < 4.78 is 10.8. The molecule has 2 N–H and O–H groups in total. The minimum atomic E-state index is -0.480. The number of para-hydroxylation sites is 3. The molecule has 0 aromatic heterocycles. The van der Waals surface area contributed by atoms with Gasteiger partial charge in [-0.2, -0.15) is 0 Å². The van der Waals surface area contributed by atoms with E-state index in [9.17, 15) is 9.59 Å². The molecule has 2 aromatic rings. The molecule has 0 radical (unpaired) electrons. The maximum absolute atomic E-state index is 12.6. The average Bonchev–Trinajstić information content (AvgIpc) is 2.61. The molecule has 0 spiro atoms. The second-order valence-corrected chi connectivity index (χ2v) is 5.04. The lowest BCUT2D eigenvalue weighted by molar-refractivity contribution is -0.120. The van der Waals surface area contributed by atoms with E-state index in [-0.39, 0.29) is 25.5 Å². The molecule has 2 aromatic carbocycles. The van der Waals surface area contributed by atoms with E-state index in [1.165, 1.54) is 12.0 Å². The summed E-state index contributed by atoms with van der Waals surface area (Å²) in [7, 11) is 1.52. The van der Waals surface area contributed by atoms with Crippen molar-refractivity contribution in [2.24, 2.45) is 5.73 Å². The highest BCUT2D eigenvalue weighted by Gasteiger charge is 2.20. The lowest BCUT2D eigenvalue weighted by atomic mass is 10.2. The van der Waals surface area contributed by atoms with Crippen molar-refractivity contribution in [2.75, 3.05) is 25.2 Å². The molecule has 0 unspecified atom stereocenters. The van der Waals surface area contributed by atoms with Gasteiger partial charge >= 0.3 is 0 Å². The molecule has 0 fully saturated rings. The summed E-state index contributed by atoms with van der Waals surface area (Å²) in [4.78, 5) is 25.2. The number of rotatable bonds is 8. The highest BCUT2D eigenvalue weighted by atomic mass is 16.5. The maximum Gasteiger partial charge on any atom is 0.265 e. The third-order valence-corrected chi connectivity index (χ3v) is 3.36. The number of benzene rings is 2. The van der Waals surface area contributed by atoms with E-state index in [2.05, 4.69) is 0 Å². The molecule has 0 aliphatic heterocycles.